The standard InChI is InChI=1S/C15H20N2O3/c1-11-6-5-9-17(13(11)14(18)19)15(20)16-10-12-7-3-2-4-8-12/h2-4,7-8,11,13H,5-6,9-10H2,1H3,(H,16,20)(H,18,19). The Hall–Kier alpha value is -2.04. The molecule has 108 valence electrons. The van der Waals surface area contributed by atoms with Crippen molar-refractivity contribution in [3.05, 3.63) is 35.9 Å². The Bertz CT molecular complexity index is 475. The van der Waals surface area contributed by atoms with Crippen LogP contribution in [0.1, 0.15) is 25.3 Å². The summed E-state index contributed by atoms with van der Waals surface area (Å²) in [6.07, 6.45) is 1.70. The average molecular weight is 276 g/mol. The number of benzene rings is 1. The Labute approximate surface area is 118 Å². The molecule has 1 aromatic carbocycles. The molecule has 2 amide bonds. The van der Waals surface area contributed by atoms with Crippen molar-refractivity contribution in [2.45, 2.75) is 32.4 Å². The van der Waals surface area contributed by atoms with Crippen LogP contribution in [0.4, 0.5) is 4.79 Å². The zero-order chi connectivity index (χ0) is 14.5. The highest BCUT2D eigenvalue weighted by Gasteiger charge is 2.36. The summed E-state index contributed by atoms with van der Waals surface area (Å²) in [4.78, 5) is 25.0. The molecule has 2 N–H and O–H groups in total. The Balaban J connectivity index is 1.98. The Morgan fingerprint density at radius 1 is 1.35 bits per heavy atom. The number of hydrogen-bond acceptors (Lipinski definition) is 2. The molecule has 2 unspecified atom stereocenters. The van der Waals surface area contributed by atoms with Crippen molar-refractivity contribution < 1.29 is 14.7 Å². The summed E-state index contributed by atoms with van der Waals surface area (Å²) in [5, 5.41) is 12.1. The molecular weight excluding hydrogens is 256 g/mol. The van der Waals surface area contributed by atoms with Gasteiger partial charge in [0, 0.05) is 13.1 Å². The molecule has 0 aromatic heterocycles. The van der Waals surface area contributed by atoms with E-state index in [9.17, 15) is 14.7 Å². The molecule has 1 aliphatic rings. The molecule has 1 saturated heterocycles. The van der Waals surface area contributed by atoms with E-state index in [0.717, 1.165) is 18.4 Å². The van der Waals surface area contributed by atoms with Crippen LogP contribution in [-0.4, -0.2) is 34.6 Å². The predicted molar refractivity (Wildman–Crippen MR) is 75.2 cm³/mol. The number of carboxylic acid groups (broad SMARTS) is 1. The Morgan fingerprint density at radius 3 is 2.70 bits per heavy atom. The second kappa shape index (κ2) is 6.41. The van der Waals surface area contributed by atoms with Crippen LogP contribution in [0, 0.1) is 5.92 Å². The molecule has 5 nitrogen and oxygen atoms in total. The maximum atomic E-state index is 12.2. The lowest BCUT2D eigenvalue weighted by atomic mass is 9.91. The normalized spacial score (nSPS) is 22.4. The lowest BCUT2D eigenvalue weighted by Crippen LogP contribution is -2.54. The molecular formula is C15H20N2O3. The highest BCUT2D eigenvalue weighted by Crippen LogP contribution is 2.23. The van der Waals surface area contributed by atoms with E-state index in [1.165, 1.54) is 4.90 Å². The number of rotatable bonds is 3. The molecule has 1 aliphatic heterocycles. The van der Waals surface area contributed by atoms with E-state index in [1.54, 1.807) is 0 Å². The molecule has 1 fully saturated rings. The largest absolute Gasteiger partial charge is 0.480 e. The van der Waals surface area contributed by atoms with Gasteiger partial charge in [0.2, 0.25) is 0 Å². The van der Waals surface area contributed by atoms with E-state index >= 15 is 0 Å². The van der Waals surface area contributed by atoms with E-state index < -0.39 is 12.0 Å². The zero-order valence-electron chi connectivity index (χ0n) is 11.6. The molecule has 1 heterocycles. The lowest BCUT2D eigenvalue weighted by molar-refractivity contribution is -0.145. The van der Waals surface area contributed by atoms with Gasteiger partial charge < -0.3 is 15.3 Å². The van der Waals surface area contributed by atoms with E-state index in [-0.39, 0.29) is 11.9 Å². The molecule has 2 atom stereocenters. The first-order valence-electron chi connectivity index (χ1n) is 6.91. The second-order valence-corrected chi connectivity index (χ2v) is 5.24. The second-order valence-electron chi connectivity index (χ2n) is 5.24. The SMILES string of the molecule is CC1CCCN(C(=O)NCc2ccccc2)C1C(=O)O. The first-order chi connectivity index (χ1) is 9.59. The van der Waals surface area contributed by atoms with Gasteiger partial charge in [0.25, 0.3) is 0 Å². The van der Waals surface area contributed by atoms with Crippen molar-refractivity contribution >= 4 is 12.0 Å². The minimum atomic E-state index is -0.924. The minimum Gasteiger partial charge on any atom is -0.480 e. The fraction of sp³-hybridized carbons (Fsp3) is 0.467. The number of aliphatic carboxylic acids is 1. The molecule has 20 heavy (non-hydrogen) atoms. The zero-order valence-corrected chi connectivity index (χ0v) is 11.6. The number of amides is 2. The molecule has 1 aromatic rings. The summed E-state index contributed by atoms with van der Waals surface area (Å²) >= 11 is 0. The molecule has 2 rings (SSSR count). The first-order valence-corrected chi connectivity index (χ1v) is 6.91. The molecule has 0 aliphatic carbocycles. The Morgan fingerprint density at radius 2 is 2.05 bits per heavy atom. The molecule has 5 heteroatoms. The minimum absolute atomic E-state index is 0.0104. The summed E-state index contributed by atoms with van der Waals surface area (Å²) in [6.45, 7) is 2.80. The van der Waals surface area contributed by atoms with Crippen molar-refractivity contribution in [1.29, 1.82) is 0 Å². The number of hydrogen-bond donors (Lipinski definition) is 2. The average Bonchev–Trinajstić information content (AvgIpc) is 2.45. The van der Waals surface area contributed by atoms with Gasteiger partial charge in [-0.2, -0.15) is 0 Å². The first kappa shape index (κ1) is 14.4. The van der Waals surface area contributed by atoms with Gasteiger partial charge in [0.1, 0.15) is 6.04 Å². The van der Waals surface area contributed by atoms with Gasteiger partial charge in [-0.3, -0.25) is 0 Å². The van der Waals surface area contributed by atoms with E-state index in [0.29, 0.717) is 13.1 Å². The monoisotopic (exact) mass is 276 g/mol. The summed E-state index contributed by atoms with van der Waals surface area (Å²) < 4.78 is 0. The Kier molecular flexibility index (Phi) is 4.61. The lowest BCUT2D eigenvalue weighted by Gasteiger charge is -2.37. The van der Waals surface area contributed by atoms with Crippen LogP contribution >= 0.6 is 0 Å². The molecule has 0 bridgehead atoms. The summed E-state index contributed by atoms with van der Waals surface area (Å²) in [5.41, 5.74) is 0.998. The number of nitrogens with one attached hydrogen (secondary N) is 1. The summed E-state index contributed by atoms with van der Waals surface area (Å²) in [7, 11) is 0. The van der Waals surface area contributed by atoms with Gasteiger partial charge in [-0.05, 0) is 24.3 Å². The topological polar surface area (TPSA) is 69.6 Å². The van der Waals surface area contributed by atoms with Gasteiger partial charge in [0.05, 0.1) is 0 Å². The number of likely N-dealkylation sites (tertiary alicyclic amines) is 1. The van der Waals surface area contributed by atoms with Gasteiger partial charge in [0.15, 0.2) is 0 Å². The third-order valence-corrected chi connectivity index (χ3v) is 3.73. The van der Waals surface area contributed by atoms with Crippen LogP contribution in [0.15, 0.2) is 30.3 Å². The van der Waals surface area contributed by atoms with Crippen LogP contribution in [0.5, 0.6) is 0 Å². The van der Waals surface area contributed by atoms with E-state index in [4.69, 9.17) is 0 Å². The summed E-state index contributed by atoms with van der Waals surface area (Å²) in [5.74, 6) is -0.934. The van der Waals surface area contributed by atoms with Crippen LogP contribution in [-0.2, 0) is 11.3 Å². The van der Waals surface area contributed by atoms with Crippen LogP contribution < -0.4 is 5.32 Å². The third-order valence-electron chi connectivity index (χ3n) is 3.73. The van der Waals surface area contributed by atoms with E-state index in [1.807, 2.05) is 37.3 Å². The van der Waals surface area contributed by atoms with Crippen molar-refractivity contribution in [2.24, 2.45) is 5.92 Å². The molecule has 0 saturated carbocycles. The summed E-state index contributed by atoms with van der Waals surface area (Å²) in [6, 6.07) is 8.56. The number of carboxylic acids is 1. The number of carbonyl (C=O) groups is 2. The number of piperidine rings is 1. The van der Waals surface area contributed by atoms with Crippen LogP contribution in [0.25, 0.3) is 0 Å². The van der Waals surface area contributed by atoms with Crippen molar-refractivity contribution in [1.82, 2.24) is 10.2 Å². The van der Waals surface area contributed by atoms with Crippen molar-refractivity contribution in [3.63, 3.8) is 0 Å². The van der Waals surface area contributed by atoms with Gasteiger partial charge in [-0.15, -0.1) is 0 Å². The van der Waals surface area contributed by atoms with Crippen LogP contribution in [0.2, 0.25) is 0 Å². The van der Waals surface area contributed by atoms with Gasteiger partial charge >= 0.3 is 12.0 Å². The molecule has 0 radical (unpaired) electrons. The maximum Gasteiger partial charge on any atom is 0.326 e. The van der Waals surface area contributed by atoms with Gasteiger partial charge in [-0.25, -0.2) is 9.59 Å². The van der Waals surface area contributed by atoms with Gasteiger partial charge in [-0.1, -0.05) is 37.3 Å². The fourth-order valence-electron chi connectivity index (χ4n) is 2.67. The third kappa shape index (κ3) is 3.29. The fourth-order valence-corrected chi connectivity index (χ4v) is 2.67. The predicted octanol–water partition coefficient (Wildman–Crippen LogP) is 2.08. The van der Waals surface area contributed by atoms with E-state index in [2.05, 4.69) is 5.32 Å². The van der Waals surface area contributed by atoms with Crippen molar-refractivity contribution in [3.8, 4) is 0 Å². The van der Waals surface area contributed by atoms with Crippen molar-refractivity contribution in [2.75, 3.05) is 6.54 Å². The molecule has 0 spiro atoms. The quantitative estimate of drug-likeness (QED) is 0.888. The maximum absolute atomic E-state index is 12.2. The highest BCUT2D eigenvalue weighted by molar-refractivity contribution is 5.83. The van der Waals surface area contributed by atoms with Crippen LogP contribution in [0.3, 0.4) is 0 Å². The highest BCUT2D eigenvalue weighted by atomic mass is 16.4. The number of nitrogens with zero attached hydrogens (tertiary/aromatic N) is 1. The number of carbonyl (C=O) groups excluding carboxylic acids is 1. The smallest absolute Gasteiger partial charge is 0.326 e. The number of urea groups is 1.